The van der Waals surface area contributed by atoms with Crippen LogP contribution >= 0.6 is 15.9 Å². The number of unbranched alkanes of at least 4 members (excludes halogenated alkanes) is 1. The molecule has 0 bridgehead atoms. The fourth-order valence-corrected chi connectivity index (χ4v) is 1.98. The lowest BCUT2D eigenvalue weighted by atomic mass is 10.2. The van der Waals surface area contributed by atoms with Crippen molar-refractivity contribution in [3.63, 3.8) is 0 Å². The molecule has 0 aliphatic heterocycles. The molecule has 0 aliphatic rings. The summed E-state index contributed by atoms with van der Waals surface area (Å²) in [6, 6.07) is 7.55. The van der Waals surface area contributed by atoms with Gasteiger partial charge in [0, 0.05) is 5.33 Å². The van der Waals surface area contributed by atoms with Crippen molar-refractivity contribution < 1.29 is 9.52 Å². The third-order valence-electron chi connectivity index (χ3n) is 2.46. The average Bonchev–Trinajstić information content (AvgIpc) is 2.73. The van der Waals surface area contributed by atoms with Crippen molar-refractivity contribution in [3.8, 4) is 0 Å². The van der Waals surface area contributed by atoms with Gasteiger partial charge < -0.3 is 9.52 Å². The van der Waals surface area contributed by atoms with E-state index in [4.69, 9.17) is 4.42 Å². The number of oxazole rings is 1. The molecule has 16 heavy (non-hydrogen) atoms. The van der Waals surface area contributed by atoms with Crippen LogP contribution in [-0.2, 0) is 0 Å². The second-order valence-electron chi connectivity index (χ2n) is 3.72. The zero-order chi connectivity index (χ0) is 11.4. The van der Waals surface area contributed by atoms with Crippen LogP contribution in [-0.4, -0.2) is 15.4 Å². The van der Waals surface area contributed by atoms with Crippen LogP contribution in [0.25, 0.3) is 11.1 Å². The molecule has 1 N–H and O–H groups in total. The summed E-state index contributed by atoms with van der Waals surface area (Å²) in [6.07, 6.45) is 2.12. The van der Waals surface area contributed by atoms with Gasteiger partial charge in [0.2, 0.25) is 5.89 Å². The molecule has 1 heterocycles. The van der Waals surface area contributed by atoms with Crippen LogP contribution in [0.3, 0.4) is 0 Å². The molecule has 0 radical (unpaired) electrons. The predicted octanol–water partition coefficient (Wildman–Crippen LogP) is 3.43. The highest BCUT2D eigenvalue weighted by atomic mass is 79.9. The first-order valence-electron chi connectivity index (χ1n) is 5.41. The van der Waals surface area contributed by atoms with E-state index < -0.39 is 6.10 Å². The normalized spacial score (nSPS) is 13.1. The van der Waals surface area contributed by atoms with E-state index in [2.05, 4.69) is 20.9 Å². The summed E-state index contributed by atoms with van der Waals surface area (Å²) in [5.41, 5.74) is 1.54. The first kappa shape index (κ1) is 11.6. The van der Waals surface area contributed by atoms with Crippen LogP contribution in [0.4, 0.5) is 0 Å². The molecule has 0 saturated heterocycles. The number of halogens is 1. The smallest absolute Gasteiger partial charge is 0.224 e. The summed E-state index contributed by atoms with van der Waals surface area (Å²) >= 11 is 3.36. The highest BCUT2D eigenvalue weighted by Gasteiger charge is 2.14. The first-order chi connectivity index (χ1) is 7.81. The number of benzene rings is 1. The molecule has 86 valence electrons. The van der Waals surface area contributed by atoms with Gasteiger partial charge in [0.15, 0.2) is 5.58 Å². The number of rotatable bonds is 5. The summed E-state index contributed by atoms with van der Waals surface area (Å²) in [4.78, 5) is 4.26. The number of alkyl halides is 1. The highest BCUT2D eigenvalue weighted by molar-refractivity contribution is 9.09. The maximum Gasteiger partial charge on any atom is 0.224 e. The average molecular weight is 284 g/mol. The van der Waals surface area contributed by atoms with Crippen molar-refractivity contribution in [2.45, 2.75) is 25.4 Å². The predicted molar refractivity (Wildman–Crippen MR) is 66.6 cm³/mol. The number of para-hydroxylation sites is 2. The molecule has 1 unspecified atom stereocenters. The van der Waals surface area contributed by atoms with E-state index in [9.17, 15) is 5.11 Å². The second-order valence-corrected chi connectivity index (χ2v) is 4.51. The molecule has 2 aromatic rings. The largest absolute Gasteiger partial charge is 0.438 e. The van der Waals surface area contributed by atoms with Gasteiger partial charge in [-0.3, -0.25) is 0 Å². The van der Waals surface area contributed by atoms with Gasteiger partial charge in [-0.2, -0.15) is 0 Å². The molecule has 0 amide bonds. The number of hydrogen-bond acceptors (Lipinski definition) is 3. The number of hydrogen-bond donors (Lipinski definition) is 1. The number of fused-ring (bicyclic) bond motifs is 1. The van der Waals surface area contributed by atoms with E-state index in [1.165, 1.54) is 0 Å². The van der Waals surface area contributed by atoms with E-state index in [1.807, 2.05) is 24.3 Å². The summed E-state index contributed by atoms with van der Waals surface area (Å²) in [7, 11) is 0. The van der Waals surface area contributed by atoms with Crippen molar-refractivity contribution in [2.75, 3.05) is 5.33 Å². The second kappa shape index (κ2) is 5.46. The minimum atomic E-state index is -0.591. The Morgan fingerprint density at radius 3 is 2.88 bits per heavy atom. The van der Waals surface area contributed by atoms with E-state index >= 15 is 0 Å². The van der Waals surface area contributed by atoms with Gasteiger partial charge in [0.25, 0.3) is 0 Å². The lowest BCUT2D eigenvalue weighted by molar-refractivity contribution is 0.134. The fraction of sp³-hybridized carbons (Fsp3) is 0.417. The standard InChI is InChI=1S/C12H14BrNO2/c13-8-4-3-6-10(15)12-14-9-5-1-2-7-11(9)16-12/h1-2,5,7,10,15H,3-4,6,8H2. The van der Waals surface area contributed by atoms with Gasteiger partial charge in [-0.15, -0.1) is 0 Å². The Bertz CT molecular complexity index is 422. The summed E-state index contributed by atoms with van der Waals surface area (Å²) < 4.78 is 5.49. The molecule has 0 saturated carbocycles. The number of aliphatic hydroxyl groups is 1. The zero-order valence-electron chi connectivity index (χ0n) is 8.90. The summed E-state index contributed by atoms with van der Waals surface area (Å²) in [5, 5.41) is 10.8. The Hall–Kier alpha value is -0.870. The van der Waals surface area contributed by atoms with E-state index in [0.29, 0.717) is 12.3 Å². The molecule has 0 spiro atoms. The van der Waals surface area contributed by atoms with Gasteiger partial charge in [0.1, 0.15) is 11.6 Å². The molecular weight excluding hydrogens is 270 g/mol. The Labute approximate surface area is 103 Å². The summed E-state index contributed by atoms with van der Waals surface area (Å²) in [6.45, 7) is 0. The Morgan fingerprint density at radius 2 is 2.12 bits per heavy atom. The van der Waals surface area contributed by atoms with Crippen LogP contribution < -0.4 is 0 Å². The zero-order valence-corrected chi connectivity index (χ0v) is 10.5. The third-order valence-corrected chi connectivity index (χ3v) is 3.02. The molecule has 1 aromatic heterocycles. The van der Waals surface area contributed by atoms with Gasteiger partial charge in [-0.1, -0.05) is 28.1 Å². The van der Waals surface area contributed by atoms with Gasteiger partial charge in [-0.05, 0) is 31.4 Å². The molecule has 1 aromatic carbocycles. The SMILES string of the molecule is OC(CCCCBr)c1nc2ccccc2o1. The van der Waals surface area contributed by atoms with Crippen LogP contribution in [0.2, 0.25) is 0 Å². The quantitative estimate of drug-likeness (QED) is 0.676. The molecule has 2 rings (SSSR count). The molecular formula is C12H14BrNO2. The van der Waals surface area contributed by atoms with Crippen LogP contribution in [0.5, 0.6) is 0 Å². The molecule has 4 heteroatoms. The van der Waals surface area contributed by atoms with Crippen molar-refractivity contribution in [3.05, 3.63) is 30.2 Å². The minimum absolute atomic E-state index is 0.427. The third kappa shape index (κ3) is 2.62. The fourth-order valence-electron chi connectivity index (χ4n) is 1.59. The Balaban J connectivity index is 2.07. The van der Waals surface area contributed by atoms with Gasteiger partial charge in [0.05, 0.1) is 0 Å². The van der Waals surface area contributed by atoms with E-state index in [-0.39, 0.29) is 0 Å². The van der Waals surface area contributed by atoms with Crippen molar-refractivity contribution >= 4 is 27.0 Å². The summed E-state index contributed by atoms with van der Waals surface area (Å²) in [5.74, 6) is 0.427. The number of nitrogens with zero attached hydrogens (tertiary/aromatic N) is 1. The Morgan fingerprint density at radius 1 is 1.31 bits per heavy atom. The lowest BCUT2D eigenvalue weighted by Crippen LogP contribution is -1.97. The van der Waals surface area contributed by atoms with E-state index in [1.54, 1.807) is 0 Å². The van der Waals surface area contributed by atoms with Crippen molar-refractivity contribution in [1.29, 1.82) is 0 Å². The molecule has 0 fully saturated rings. The molecule has 3 nitrogen and oxygen atoms in total. The monoisotopic (exact) mass is 283 g/mol. The van der Waals surface area contributed by atoms with Crippen molar-refractivity contribution in [1.82, 2.24) is 4.98 Å². The minimum Gasteiger partial charge on any atom is -0.438 e. The van der Waals surface area contributed by atoms with Crippen LogP contribution in [0.15, 0.2) is 28.7 Å². The highest BCUT2D eigenvalue weighted by Crippen LogP contribution is 2.23. The van der Waals surface area contributed by atoms with Crippen molar-refractivity contribution in [2.24, 2.45) is 0 Å². The first-order valence-corrected chi connectivity index (χ1v) is 6.53. The van der Waals surface area contributed by atoms with E-state index in [0.717, 1.165) is 29.3 Å². The van der Waals surface area contributed by atoms with Crippen LogP contribution in [0, 0.1) is 0 Å². The molecule has 1 atom stereocenters. The van der Waals surface area contributed by atoms with Gasteiger partial charge in [-0.25, -0.2) is 4.98 Å². The lowest BCUT2D eigenvalue weighted by Gasteiger charge is -2.04. The van der Waals surface area contributed by atoms with Crippen LogP contribution in [0.1, 0.15) is 31.3 Å². The van der Waals surface area contributed by atoms with Gasteiger partial charge >= 0.3 is 0 Å². The maximum atomic E-state index is 9.88. The number of aliphatic hydroxyl groups excluding tert-OH is 1. The number of aromatic nitrogens is 1. The topological polar surface area (TPSA) is 46.3 Å². The maximum absolute atomic E-state index is 9.88. The Kier molecular flexibility index (Phi) is 3.96. The molecule has 0 aliphatic carbocycles.